The van der Waals surface area contributed by atoms with Crippen LogP contribution in [0.2, 0.25) is 0 Å². The van der Waals surface area contributed by atoms with Gasteiger partial charge in [-0.3, -0.25) is 14.2 Å². The van der Waals surface area contributed by atoms with Crippen molar-refractivity contribution in [1.82, 2.24) is 19.9 Å². The highest BCUT2D eigenvalue weighted by Gasteiger charge is 2.17. The lowest BCUT2D eigenvalue weighted by molar-refractivity contribution is -0.119. The molecule has 1 aromatic carbocycles. The van der Waals surface area contributed by atoms with Gasteiger partial charge in [0.15, 0.2) is 14.8 Å². The lowest BCUT2D eigenvalue weighted by atomic mass is 10.2. The van der Waals surface area contributed by atoms with E-state index in [1.54, 1.807) is 4.57 Å². The number of amides is 1. The number of aromatic nitrogens is 3. The summed E-state index contributed by atoms with van der Waals surface area (Å²) in [7, 11) is 0. The van der Waals surface area contributed by atoms with Crippen LogP contribution < -0.4 is 15.6 Å². The number of benzene rings is 1. The summed E-state index contributed by atoms with van der Waals surface area (Å²) in [6.45, 7) is 3.76. The summed E-state index contributed by atoms with van der Waals surface area (Å²) in [4.78, 5) is 32.1. The number of aromatic amines is 1. The van der Waals surface area contributed by atoms with Gasteiger partial charge in [-0.25, -0.2) is 4.98 Å². The molecule has 0 unspecified atom stereocenters. The quantitative estimate of drug-likeness (QED) is 0.291. The molecule has 8 nitrogen and oxygen atoms in total. The van der Waals surface area contributed by atoms with Crippen molar-refractivity contribution in [2.24, 2.45) is 0 Å². The first-order valence-corrected chi connectivity index (χ1v) is 12.2. The predicted molar refractivity (Wildman–Crippen MR) is 124 cm³/mol. The highest BCUT2D eigenvalue weighted by atomic mass is 32.2. The normalized spacial score (nSPS) is 16.0. The van der Waals surface area contributed by atoms with Crippen molar-refractivity contribution in [2.45, 2.75) is 31.0 Å². The molecule has 1 amide bonds. The molecule has 0 spiro atoms. The molecular formula is C20H22N4O4S3. The minimum absolute atomic E-state index is 0.0904. The Bertz CT molecular complexity index is 1180. The third kappa shape index (κ3) is 5.17. The first kappa shape index (κ1) is 22.0. The zero-order valence-electron chi connectivity index (χ0n) is 16.9. The van der Waals surface area contributed by atoms with E-state index in [0.717, 1.165) is 30.9 Å². The van der Waals surface area contributed by atoms with Gasteiger partial charge in [-0.2, -0.15) is 0 Å². The van der Waals surface area contributed by atoms with Gasteiger partial charge < -0.3 is 19.8 Å². The van der Waals surface area contributed by atoms with Gasteiger partial charge in [0.25, 0.3) is 5.56 Å². The van der Waals surface area contributed by atoms with Crippen molar-refractivity contribution in [3.05, 3.63) is 38.6 Å². The maximum atomic E-state index is 12.6. The van der Waals surface area contributed by atoms with Gasteiger partial charge in [0.2, 0.25) is 5.91 Å². The number of hydrogen-bond donors (Lipinski definition) is 2. The SMILES string of the molecule is CCOc1ccc(-n2c(=S)sc3c(=O)[nH]c(SCC(=O)NC[C@H]4CCCO4)nc32)cc1. The van der Waals surface area contributed by atoms with Crippen molar-refractivity contribution in [1.29, 1.82) is 0 Å². The molecule has 1 atom stereocenters. The molecule has 0 aliphatic carbocycles. The summed E-state index contributed by atoms with van der Waals surface area (Å²) in [6, 6.07) is 7.46. The van der Waals surface area contributed by atoms with Crippen LogP contribution in [0.15, 0.2) is 34.2 Å². The Balaban J connectivity index is 1.53. The van der Waals surface area contributed by atoms with Crippen LogP contribution in [-0.4, -0.2) is 52.1 Å². The van der Waals surface area contributed by atoms with E-state index in [1.807, 2.05) is 31.2 Å². The molecule has 2 N–H and O–H groups in total. The fourth-order valence-corrected chi connectivity index (χ4v) is 5.22. The van der Waals surface area contributed by atoms with E-state index >= 15 is 0 Å². The fourth-order valence-electron chi connectivity index (χ4n) is 3.27. The second-order valence-electron chi connectivity index (χ2n) is 6.88. The Morgan fingerprint density at radius 1 is 1.45 bits per heavy atom. The molecule has 2 aromatic heterocycles. The van der Waals surface area contributed by atoms with Gasteiger partial charge in [-0.05, 0) is 56.2 Å². The summed E-state index contributed by atoms with van der Waals surface area (Å²) >= 11 is 7.88. The number of hydrogen-bond acceptors (Lipinski definition) is 8. The fraction of sp³-hybridized carbons (Fsp3) is 0.400. The van der Waals surface area contributed by atoms with Crippen LogP contribution in [0, 0.1) is 3.95 Å². The molecule has 1 saturated heterocycles. The van der Waals surface area contributed by atoms with Crippen molar-refractivity contribution in [3.63, 3.8) is 0 Å². The second-order valence-corrected chi connectivity index (χ2v) is 9.49. The largest absolute Gasteiger partial charge is 0.494 e. The number of nitrogens with one attached hydrogen (secondary N) is 2. The van der Waals surface area contributed by atoms with Crippen LogP contribution in [0.5, 0.6) is 5.75 Å². The van der Waals surface area contributed by atoms with Gasteiger partial charge in [0, 0.05) is 18.8 Å². The molecule has 11 heteroatoms. The molecule has 1 fully saturated rings. The second kappa shape index (κ2) is 9.94. The Morgan fingerprint density at radius 3 is 2.97 bits per heavy atom. The van der Waals surface area contributed by atoms with Crippen molar-refractivity contribution >= 4 is 51.6 Å². The lowest BCUT2D eigenvalue weighted by Gasteiger charge is -2.10. The average molecular weight is 479 g/mol. The Kier molecular flexibility index (Phi) is 7.06. The van der Waals surface area contributed by atoms with E-state index in [4.69, 9.17) is 21.7 Å². The van der Waals surface area contributed by atoms with Gasteiger partial charge in [-0.1, -0.05) is 23.1 Å². The van der Waals surface area contributed by atoms with Gasteiger partial charge in [0.05, 0.1) is 18.5 Å². The lowest BCUT2D eigenvalue weighted by Crippen LogP contribution is -2.33. The number of carbonyl (C=O) groups is 1. The van der Waals surface area contributed by atoms with E-state index in [9.17, 15) is 9.59 Å². The summed E-state index contributed by atoms with van der Waals surface area (Å²) in [6.07, 6.45) is 2.08. The predicted octanol–water partition coefficient (Wildman–Crippen LogP) is 3.29. The monoisotopic (exact) mass is 478 g/mol. The molecule has 1 aliphatic heterocycles. The molecular weight excluding hydrogens is 456 g/mol. The van der Waals surface area contributed by atoms with Crippen LogP contribution in [0.3, 0.4) is 0 Å². The van der Waals surface area contributed by atoms with Crippen LogP contribution in [0.4, 0.5) is 0 Å². The summed E-state index contributed by atoms with van der Waals surface area (Å²) in [5, 5.41) is 3.24. The number of thiazole rings is 1. The number of ether oxygens (including phenoxy) is 2. The molecule has 0 saturated carbocycles. The molecule has 3 heterocycles. The van der Waals surface area contributed by atoms with Crippen molar-refractivity contribution in [3.8, 4) is 11.4 Å². The van der Waals surface area contributed by atoms with Crippen LogP contribution >= 0.6 is 35.3 Å². The molecule has 0 radical (unpaired) electrons. The first-order valence-electron chi connectivity index (χ1n) is 9.95. The van der Waals surface area contributed by atoms with E-state index in [-0.39, 0.29) is 23.3 Å². The average Bonchev–Trinajstić information content (AvgIpc) is 3.39. The first-order chi connectivity index (χ1) is 15.0. The topological polar surface area (TPSA) is 98.2 Å². The van der Waals surface area contributed by atoms with Gasteiger partial charge in [0.1, 0.15) is 10.4 Å². The third-order valence-electron chi connectivity index (χ3n) is 4.72. The maximum absolute atomic E-state index is 12.6. The number of nitrogens with zero attached hydrogens (tertiary/aromatic N) is 2. The number of rotatable bonds is 8. The molecule has 4 rings (SSSR count). The Morgan fingerprint density at radius 2 is 2.26 bits per heavy atom. The molecule has 1 aliphatic rings. The number of carbonyl (C=O) groups excluding carboxylic acids is 1. The number of fused-ring (bicyclic) bond motifs is 1. The minimum atomic E-state index is -0.270. The Labute approximate surface area is 192 Å². The number of thioether (sulfide) groups is 1. The zero-order chi connectivity index (χ0) is 21.8. The minimum Gasteiger partial charge on any atom is -0.494 e. The van der Waals surface area contributed by atoms with E-state index < -0.39 is 0 Å². The highest BCUT2D eigenvalue weighted by molar-refractivity contribution is 7.99. The standard InChI is InChI=1S/C20H22N4O4S3/c1-2-27-13-7-5-12(6-8-13)24-17-16(31-20(24)29)18(26)23-19(22-17)30-11-15(25)21-10-14-4-3-9-28-14/h5-8,14H,2-4,9-11H2,1H3,(H,21,25)(H,22,23,26)/t14-/m1/s1. The highest BCUT2D eigenvalue weighted by Crippen LogP contribution is 2.25. The van der Waals surface area contributed by atoms with Crippen LogP contribution in [0.1, 0.15) is 19.8 Å². The molecule has 3 aromatic rings. The van der Waals surface area contributed by atoms with E-state index in [1.165, 1.54) is 23.1 Å². The Hall–Kier alpha value is -2.21. The molecule has 164 valence electrons. The summed E-state index contributed by atoms with van der Waals surface area (Å²) < 4.78 is 13.7. The summed E-state index contributed by atoms with van der Waals surface area (Å²) in [5.74, 6) is 0.778. The summed E-state index contributed by atoms with van der Waals surface area (Å²) in [5.41, 5.74) is 1.00. The van der Waals surface area contributed by atoms with Crippen molar-refractivity contribution < 1.29 is 14.3 Å². The third-order valence-corrected chi connectivity index (χ3v) is 6.95. The van der Waals surface area contributed by atoms with Gasteiger partial charge in [-0.15, -0.1) is 0 Å². The number of H-pyrrole nitrogens is 1. The molecule has 31 heavy (non-hydrogen) atoms. The molecule has 0 bridgehead atoms. The smallest absolute Gasteiger partial charge is 0.271 e. The van der Waals surface area contributed by atoms with E-state index in [2.05, 4.69) is 15.3 Å². The van der Waals surface area contributed by atoms with Crippen LogP contribution in [0.25, 0.3) is 16.0 Å². The maximum Gasteiger partial charge on any atom is 0.271 e. The van der Waals surface area contributed by atoms with Gasteiger partial charge >= 0.3 is 0 Å². The van der Waals surface area contributed by atoms with Crippen molar-refractivity contribution in [2.75, 3.05) is 25.5 Å². The van der Waals surface area contributed by atoms with Crippen LogP contribution in [-0.2, 0) is 9.53 Å². The zero-order valence-corrected chi connectivity index (χ0v) is 19.3. The van der Waals surface area contributed by atoms with E-state index in [0.29, 0.717) is 32.6 Å².